The number of nitrogens with one attached hydrogen (secondary N) is 3. The molecule has 2 aromatic rings. The molecule has 2 rings (SSSR count). The number of methoxy groups -OCH3 is 1. The number of aromatic nitrogens is 1. The molecule has 1 aromatic heterocycles. The van der Waals surface area contributed by atoms with E-state index >= 15 is 0 Å². The topological polar surface area (TPSA) is 87.6 Å². The van der Waals surface area contributed by atoms with E-state index in [4.69, 9.17) is 4.74 Å². The molecule has 9 heteroatoms. The summed E-state index contributed by atoms with van der Waals surface area (Å²) in [6.07, 6.45) is 3.79. The van der Waals surface area contributed by atoms with Crippen LogP contribution in [0.15, 0.2) is 35.5 Å². The maximum Gasteiger partial charge on any atom is 0.251 e. The zero-order valence-electron chi connectivity index (χ0n) is 17.2. The highest BCUT2D eigenvalue weighted by Crippen LogP contribution is 2.14. The van der Waals surface area contributed by atoms with E-state index in [-0.39, 0.29) is 29.9 Å². The molecular weight excluding hydrogens is 501 g/mol. The van der Waals surface area contributed by atoms with E-state index in [9.17, 15) is 4.79 Å². The second-order valence-electron chi connectivity index (χ2n) is 6.00. The van der Waals surface area contributed by atoms with Crippen LogP contribution in [0.4, 0.5) is 0 Å². The van der Waals surface area contributed by atoms with Crippen molar-refractivity contribution in [1.82, 2.24) is 20.9 Å². The lowest BCUT2D eigenvalue weighted by Crippen LogP contribution is -2.41. The summed E-state index contributed by atoms with van der Waals surface area (Å²) >= 11 is 1.75. The first-order valence-corrected chi connectivity index (χ1v) is 10.4. The van der Waals surface area contributed by atoms with Crippen molar-refractivity contribution in [1.29, 1.82) is 0 Å². The SMILES string of the molecule is CCNC(=NCCc1ncc(CC)s1)NCCNC(=O)c1cccc(OC)c1.I. The highest BCUT2D eigenvalue weighted by molar-refractivity contribution is 14.0. The first-order valence-electron chi connectivity index (χ1n) is 9.54. The van der Waals surface area contributed by atoms with Crippen LogP contribution in [0.2, 0.25) is 0 Å². The van der Waals surface area contributed by atoms with Gasteiger partial charge in [-0.2, -0.15) is 0 Å². The Balaban J connectivity index is 0.00000420. The molecule has 1 amide bonds. The van der Waals surface area contributed by atoms with Gasteiger partial charge in [0.2, 0.25) is 0 Å². The second kappa shape index (κ2) is 14.2. The van der Waals surface area contributed by atoms with E-state index in [1.54, 1.807) is 36.6 Å². The zero-order chi connectivity index (χ0) is 20.2. The van der Waals surface area contributed by atoms with Gasteiger partial charge in [-0.1, -0.05) is 13.0 Å². The maximum atomic E-state index is 12.2. The summed E-state index contributed by atoms with van der Waals surface area (Å²) in [7, 11) is 1.58. The number of hydrogen-bond donors (Lipinski definition) is 3. The predicted octanol–water partition coefficient (Wildman–Crippen LogP) is 2.86. The molecule has 0 unspecified atom stereocenters. The third-order valence-electron chi connectivity index (χ3n) is 3.92. The van der Waals surface area contributed by atoms with Gasteiger partial charge in [0.05, 0.1) is 12.1 Å². The minimum atomic E-state index is -0.127. The molecule has 0 radical (unpaired) electrons. The second-order valence-corrected chi connectivity index (χ2v) is 7.20. The summed E-state index contributed by atoms with van der Waals surface area (Å²) in [5.41, 5.74) is 0.579. The smallest absolute Gasteiger partial charge is 0.251 e. The fourth-order valence-corrected chi connectivity index (χ4v) is 3.31. The molecule has 29 heavy (non-hydrogen) atoms. The van der Waals surface area contributed by atoms with Crippen molar-refractivity contribution >= 4 is 47.2 Å². The average Bonchev–Trinajstić information content (AvgIpc) is 3.19. The number of thiazole rings is 1. The standard InChI is InChI=1S/C20H29N5O2S.HI/c1-4-17-14-25-18(28-17)9-10-23-20(21-5-2)24-12-11-22-19(26)15-7-6-8-16(13-15)27-3;/h6-8,13-14H,4-5,9-12H2,1-3H3,(H,22,26)(H2,21,23,24);1H. The van der Waals surface area contributed by atoms with Crippen molar-refractivity contribution in [3.63, 3.8) is 0 Å². The summed E-state index contributed by atoms with van der Waals surface area (Å²) in [6.45, 7) is 6.68. The highest BCUT2D eigenvalue weighted by atomic mass is 127. The van der Waals surface area contributed by atoms with Crippen LogP contribution < -0.4 is 20.7 Å². The fraction of sp³-hybridized carbons (Fsp3) is 0.450. The molecule has 160 valence electrons. The summed E-state index contributed by atoms with van der Waals surface area (Å²) in [4.78, 5) is 22.5. The molecule has 1 aromatic carbocycles. The maximum absolute atomic E-state index is 12.2. The van der Waals surface area contributed by atoms with Gasteiger partial charge in [0.25, 0.3) is 5.91 Å². The Kier molecular flexibility index (Phi) is 12.3. The van der Waals surface area contributed by atoms with Crippen LogP contribution in [0.5, 0.6) is 5.75 Å². The molecule has 3 N–H and O–H groups in total. The predicted molar refractivity (Wildman–Crippen MR) is 130 cm³/mol. The van der Waals surface area contributed by atoms with Crippen LogP contribution >= 0.6 is 35.3 Å². The van der Waals surface area contributed by atoms with Crippen LogP contribution in [-0.2, 0) is 12.8 Å². The molecule has 0 fully saturated rings. The van der Waals surface area contributed by atoms with Gasteiger partial charge < -0.3 is 20.7 Å². The van der Waals surface area contributed by atoms with Crippen molar-refractivity contribution in [2.24, 2.45) is 4.99 Å². The molecule has 0 aliphatic rings. The van der Waals surface area contributed by atoms with E-state index in [1.165, 1.54) is 4.88 Å². The van der Waals surface area contributed by atoms with E-state index < -0.39 is 0 Å². The van der Waals surface area contributed by atoms with Gasteiger partial charge in [-0.15, -0.1) is 35.3 Å². The number of carbonyl (C=O) groups is 1. The lowest BCUT2D eigenvalue weighted by molar-refractivity contribution is 0.0954. The number of nitrogens with zero attached hydrogens (tertiary/aromatic N) is 2. The van der Waals surface area contributed by atoms with Crippen LogP contribution in [0.1, 0.15) is 34.1 Å². The summed E-state index contributed by atoms with van der Waals surface area (Å²) < 4.78 is 5.15. The van der Waals surface area contributed by atoms with E-state index in [0.717, 1.165) is 30.4 Å². The van der Waals surface area contributed by atoms with Crippen molar-refractivity contribution in [2.75, 3.05) is 33.3 Å². The molecule has 0 saturated carbocycles. The van der Waals surface area contributed by atoms with Gasteiger partial charge in [0.15, 0.2) is 5.96 Å². The Bertz CT molecular complexity index is 782. The molecule has 7 nitrogen and oxygen atoms in total. The third kappa shape index (κ3) is 8.99. The highest BCUT2D eigenvalue weighted by Gasteiger charge is 2.06. The first-order chi connectivity index (χ1) is 13.7. The molecule has 0 spiro atoms. The molecular formula is C20H30IN5O2S. The van der Waals surface area contributed by atoms with Crippen molar-refractivity contribution in [3.05, 3.63) is 45.9 Å². The average molecular weight is 531 g/mol. The number of guanidine groups is 1. The Morgan fingerprint density at radius 3 is 2.69 bits per heavy atom. The molecule has 1 heterocycles. The molecule has 0 aliphatic carbocycles. The van der Waals surface area contributed by atoms with Gasteiger partial charge >= 0.3 is 0 Å². The van der Waals surface area contributed by atoms with Crippen LogP contribution in [0.3, 0.4) is 0 Å². The minimum absolute atomic E-state index is 0. The van der Waals surface area contributed by atoms with Gasteiger partial charge in [0, 0.05) is 49.2 Å². The van der Waals surface area contributed by atoms with Gasteiger partial charge in [0.1, 0.15) is 5.75 Å². The molecule has 0 atom stereocenters. The van der Waals surface area contributed by atoms with Gasteiger partial charge in [-0.05, 0) is 31.5 Å². The molecule has 0 bridgehead atoms. The number of aliphatic imine (C=N–C) groups is 1. The first kappa shape index (κ1) is 25.2. The minimum Gasteiger partial charge on any atom is -0.497 e. The van der Waals surface area contributed by atoms with Crippen LogP contribution in [0, 0.1) is 0 Å². The Morgan fingerprint density at radius 1 is 1.21 bits per heavy atom. The van der Waals surface area contributed by atoms with Gasteiger partial charge in [-0.3, -0.25) is 9.79 Å². The van der Waals surface area contributed by atoms with Crippen LogP contribution in [0.25, 0.3) is 0 Å². The number of ether oxygens (including phenoxy) is 1. The lowest BCUT2D eigenvalue weighted by Gasteiger charge is -2.12. The van der Waals surface area contributed by atoms with E-state index in [1.807, 2.05) is 19.2 Å². The van der Waals surface area contributed by atoms with Crippen molar-refractivity contribution in [2.45, 2.75) is 26.7 Å². The summed E-state index contributed by atoms with van der Waals surface area (Å²) in [5.74, 6) is 1.28. The third-order valence-corrected chi connectivity index (χ3v) is 5.13. The summed E-state index contributed by atoms with van der Waals surface area (Å²) in [5, 5.41) is 10.5. The Hall–Kier alpha value is -1.88. The zero-order valence-corrected chi connectivity index (χ0v) is 20.3. The lowest BCUT2D eigenvalue weighted by atomic mass is 10.2. The van der Waals surface area contributed by atoms with Crippen LogP contribution in [-0.4, -0.2) is 50.1 Å². The van der Waals surface area contributed by atoms with E-state index in [0.29, 0.717) is 30.9 Å². The van der Waals surface area contributed by atoms with Crippen molar-refractivity contribution < 1.29 is 9.53 Å². The normalized spacial score (nSPS) is 10.8. The van der Waals surface area contributed by atoms with Crippen molar-refractivity contribution in [3.8, 4) is 5.75 Å². The number of carbonyl (C=O) groups excluding carboxylic acids is 1. The Morgan fingerprint density at radius 2 is 2.00 bits per heavy atom. The van der Waals surface area contributed by atoms with E-state index in [2.05, 4.69) is 32.9 Å². The summed E-state index contributed by atoms with van der Waals surface area (Å²) in [6, 6.07) is 7.09. The Labute approximate surface area is 193 Å². The molecule has 0 aliphatic heterocycles. The number of benzene rings is 1. The number of rotatable bonds is 10. The number of halogens is 1. The number of amides is 1. The molecule has 0 saturated heterocycles. The quantitative estimate of drug-likeness (QED) is 0.190. The largest absolute Gasteiger partial charge is 0.497 e. The fourth-order valence-electron chi connectivity index (χ4n) is 2.46. The van der Waals surface area contributed by atoms with Gasteiger partial charge in [-0.25, -0.2) is 4.98 Å². The number of hydrogen-bond acceptors (Lipinski definition) is 5. The monoisotopic (exact) mass is 531 g/mol. The number of aryl methyl sites for hydroxylation is 1.